The fraction of sp³-hybridized carbons (Fsp3) is 0.200. The molecule has 1 heterocycles. The van der Waals surface area contributed by atoms with E-state index < -0.39 is 0 Å². The Balaban J connectivity index is 2.25. The maximum atomic E-state index is 12.4. The lowest BCUT2D eigenvalue weighted by Crippen LogP contribution is -2.33. The predicted molar refractivity (Wildman–Crippen MR) is 78.9 cm³/mol. The van der Waals surface area contributed by atoms with Gasteiger partial charge in [0.2, 0.25) is 0 Å². The average molecular weight is 291 g/mol. The number of H-pyrrole nitrogens is 1. The van der Waals surface area contributed by atoms with Crippen molar-refractivity contribution in [3.8, 4) is 0 Å². The first-order valence-electron chi connectivity index (χ1n) is 6.33. The summed E-state index contributed by atoms with van der Waals surface area (Å²) in [6, 6.07) is 8.70. The lowest BCUT2D eigenvalue weighted by molar-refractivity contribution is 0.0751. The van der Waals surface area contributed by atoms with E-state index in [0.717, 1.165) is 5.56 Å². The third kappa shape index (κ3) is 3.08. The van der Waals surface area contributed by atoms with Crippen LogP contribution in [0.3, 0.4) is 0 Å². The molecule has 104 valence electrons. The van der Waals surface area contributed by atoms with Crippen LogP contribution in [0.1, 0.15) is 22.8 Å². The van der Waals surface area contributed by atoms with Crippen LogP contribution in [0, 0.1) is 0 Å². The second-order valence-electron chi connectivity index (χ2n) is 4.33. The van der Waals surface area contributed by atoms with Gasteiger partial charge in [-0.15, -0.1) is 0 Å². The SMILES string of the molecule is CCN(Cc1ccccc1Cl)C(=O)c1c[nH]ccc1=O. The minimum atomic E-state index is -0.297. The van der Waals surface area contributed by atoms with Gasteiger partial charge >= 0.3 is 0 Å². The zero-order valence-electron chi connectivity index (χ0n) is 11.1. The predicted octanol–water partition coefficient (Wildman–Crippen LogP) is 2.69. The molecule has 1 aromatic carbocycles. The van der Waals surface area contributed by atoms with Crippen LogP contribution in [0.25, 0.3) is 0 Å². The van der Waals surface area contributed by atoms with Crippen LogP contribution in [-0.4, -0.2) is 22.3 Å². The molecule has 0 spiro atoms. The van der Waals surface area contributed by atoms with Crippen LogP contribution in [0.5, 0.6) is 0 Å². The Kier molecular flexibility index (Phi) is 4.58. The van der Waals surface area contributed by atoms with Gasteiger partial charge in [0, 0.05) is 36.6 Å². The molecule has 5 heteroatoms. The Hall–Kier alpha value is -2.07. The van der Waals surface area contributed by atoms with Gasteiger partial charge in [0.1, 0.15) is 5.56 Å². The Bertz CT molecular complexity index is 667. The number of pyridine rings is 1. The van der Waals surface area contributed by atoms with Gasteiger partial charge in [-0.25, -0.2) is 0 Å². The van der Waals surface area contributed by atoms with E-state index >= 15 is 0 Å². The second-order valence-corrected chi connectivity index (χ2v) is 4.74. The molecule has 1 aromatic heterocycles. The number of hydrogen-bond donors (Lipinski definition) is 1. The number of halogens is 1. The molecule has 2 rings (SSSR count). The molecule has 0 atom stereocenters. The topological polar surface area (TPSA) is 53.2 Å². The molecule has 0 aliphatic rings. The standard InChI is InChI=1S/C15H15ClN2O2/c1-2-18(10-11-5-3-4-6-13(11)16)15(20)12-9-17-8-7-14(12)19/h3-9H,2,10H2,1H3,(H,17,19). The molecule has 0 saturated heterocycles. The van der Waals surface area contributed by atoms with Crippen molar-refractivity contribution in [1.82, 2.24) is 9.88 Å². The molecule has 1 amide bonds. The quantitative estimate of drug-likeness (QED) is 0.941. The van der Waals surface area contributed by atoms with Gasteiger partial charge in [0.25, 0.3) is 5.91 Å². The van der Waals surface area contributed by atoms with Crippen LogP contribution >= 0.6 is 11.6 Å². The Morgan fingerprint density at radius 2 is 2.05 bits per heavy atom. The number of benzene rings is 1. The fourth-order valence-electron chi connectivity index (χ4n) is 1.91. The number of carbonyl (C=O) groups is 1. The van der Waals surface area contributed by atoms with Crippen molar-refractivity contribution in [3.05, 3.63) is 69.1 Å². The summed E-state index contributed by atoms with van der Waals surface area (Å²) in [4.78, 5) is 28.4. The molecule has 4 nitrogen and oxygen atoms in total. The van der Waals surface area contributed by atoms with Crippen LogP contribution < -0.4 is 5.43 Å². The first kappa shape index (κ1) is 14.3. The molecule has 0 aliphatic carbocycles. The van der Waals surface area contributed by atoms with Gasteiger partial charge in [0.05, 0.1) is 0 Å². The summed E-state index contributed by atoms with van der Waals surface area (Å²) >= 11 is 6.10. The number of hydrogen-bond acceptors (Lipinski definition) is 2. The first-order chi connectivity index (χ1) is 9.63. The van der Waals surface area contributed by atoms with Gasteiger partial charge in [-0.2, -0.15) is 0 Å². The molecule has 0 bridgehead atoms. The van der Waals surface area contributed by atoms with E-state index in [1.807, 2.05) is 25.1 Å². The lowest BCUT2D eigenvalue weighted by Gasteiger charge is -2.21. The summed E-state index contributed by atoms with van der Waals surface area (Å²) in [5.74, 6) is -0.297. The van der Waals surface area contributed by atoms with Gasteiger partial charge in [-0.1, -0.05) is 29.8 Å². The average Bonchev–Trinajstić information content (AvgIpc) is 2.46. The van der Waals surface area contributed by atoms with E-state index in [1.165, 1.54) is 18.5 Å². The molecule has 1 N–H and O–H groups in total. The number of amides is 1. The highest BCUT2D eigenvalue weighted by atomic mass is 35.5. The summed E-state index contributed by atoms with van der Waals surface area (Å²) in [5, 5.41) is 0.612. The van der Waals surface area contributed by atoms with Crippen molar-refractivity contribution in [2.24, 2.45) is 0 Å². The Morgan fingerprint density at radius 1 is 1.30 bits per heavy atom. The molecular weight excluding hydrogens is 276 g/mol. The Morgan fingerprint density at radius 3 is 2.70 bits per heavy atom. The van der Waals surface area contributed by atoms with Gasteiger partial charge < -0.3 is 9.88 Å². The zero-order valence-corrected chi connectivity index (χ0v) is 11.9. The summed E-state index contributed by atoms with van der Waals surface area (Å²) in [6.07, 6.45) is 2.93. The van der Waals surface area contributed by atoms with Crippen LogP contribution in [0.15, 0.2) is 47.5 Å². The fourth-order valence-corrected chi connectivity index (χ4v) is 2.11. The highest BCUT2D eigenvalue weighted by Crippen LogP contribution is 2.17. The largest absolute Gasteiger partial charge is 0.367 e. The summed E-state index contributed by atoms with van der Waals surface area (Å²) in [7, 11) is 0. The molecule has 0 fully saturated rings. The number of rotatable bonds is 4. The van der Waals surface area contributed by atoms with E-state index in [-0.39, 0.29) is 16.9 Å². The minimum Gasteiger partial charge on any atom is -0.367 e. The van der Waals surface area contributed by atoms with Crippen molar-refractivity contribution in [3.63, 3.8) is 0 Å². The lowest BCUT2D eigenvalue weighted by atomic mass is 10.2. The van der Waals surface area contributed by atoms with Gasteiger partial charge in [-0.05, 0) is 18.6 Å². The molecule has 0 aliphatic heterocycles. The molecule has 20 heavy (non-hydrogen) atoms. The van der Waals surface area contributed by atoms with E-state index in [0.29, 0.717) is 18.1 Å². The molecule has 2 aromatic rings. The van der Waals surface area contributed by atoms with Crippen LogP contribution in [-0.2, 0) is 6.54 Å². The van der Waals surface area contributed by atoms with Crippen LogP contribution in [0.4, 0.5) is 0 Å². The number of nitrogens with zero attached hydrogens (tertiary/aromatic N) is 1. The number of carbonyl (C=O) groups excluding carboxylic acids is 1. The van der Waals surface area contributed by atoms with E-state index in [1.54, 1.807) is 11.0 Å². The van der Waals surface area contributed by atoms with Crippen molar-refractivity contribution in [2.75, 3.05) is 6.54 Å². The summed E-state index contributed by atoms with van der Waals surface area (Å²) in [6.45, 7) is 2.74. The smallest absolute Gasteiger partial charge is 0.259 e. The van der Waals surface area contributed by atoms with Crippen molar-refractivity contribution in [1.29, 1.82) is 0 Å². The number of aromatic nitrogens is 1. The van der Waals surface area contributed by atoms with Gasteiger partial charge in [0.15, 0.2) is 5.43 Å². The number of nitrogens with one attached hydrogen (secondary N) is 1. The molecular formula is C15H15ClN2O2. The highest BCUT2D eigenvalue weighted by Gasteiger charge is 2.17. The van der Waals surface area contributed by atoms with Crippen molar-refractivity contribution in [2.45, 2.75) is 13.5 Å². The molecule has 0 saturated carbocycles. The zero-order chi connectivity index (χ0) is 14.5. The second kappa shape index (κ2) is 6.39. The third-order valence-electron chi connectivity index (χ3n) is 3.04. The molecule has 0 radical (unpaired) electrons. The normalized spacial score (nSPS) is 10.3. The van der Waals surface area contributed by atoms with Crippen LogP contribution in [0.2, 0.25) is 5.02 Å². The van der Waals surface area contributed by atoms with E-state index in [2.05, 4.69) is 4.98 Å². The number of aromatic amines is 1. The van der Waals surface area contributed by atoms with E-state index in [9.17, 15) is 9.59 Å². The van der Waals surface area contributed by atoms with Gasteiger partial charge in [-0.3, -0.25) is 9.59 Å². The highest BCUT2D eigenvalue weighted by molar-refractivity contribution is 6.31. The summed E-state index contributed by atoms with van der Waals surface area (Å²) < 4.78 is 0. The van der Waals surface area contributed by atoms with Crippen molar-refractivity contribution >= 4 is 17.5 Å². The minimum absolute atomic E-state index is 0.140. The first-order valence-corrected chi connectivity index (χ1v) is 6.71. The Labute approximate surface area is 122 Å². The third-order valence-corrected chi connectivity index (χ3v) is 3.41. The maximum Gasteiger partial charge on any atom is 0.259 e. The van der Waals surface area contributed by atoms with Crippen molar-refractivity contribution < 1.29 is 4.79 Å². The van der Waals surface area contributed by atoms with E-state index in [4.69, 9.17) is 11.6 Å². The summed E-state index contributed by atoms with van der Waals surface area (Å²) in [5.41, 5.74) is 0.712. The maximum absolute atomic E-state index is 12.4. The molecule has 0 unspecified atom stereocenters. The monoisotopic (exact) mass is 290 g/mol.